The Kier molecular flexibility index (Phi) is 11.1. The van der Waals surface area contributed by atoms with E-state index in [-0.39, 0.29) is 36.4 Å². The van der Waals surface area contributed by atoms with E-state index in [0.29, 0.717) is 12.0 Å². The molecule has 1 aliphatic rings. The third-order valence-corrected chi connectivity index (χ3v) is 7.47. The van der Waals surface area contributed by atoms with E-state index in [1.807, 2.05) is 13.8 Å². The van der Waals surface area contributed by atoms with Gasteiger partial charge in [-0.1, -0.05) is 33.1 Å². The Labute approximate surface area is 180 Å². The molecule has 2 amide bonds. The number of allylic oxidation sites excluding steroid dienone is 1. The van der Waals surface area contributed by atoms with Crippen molar-refractivity contribution >= 4 is 19.2 Å². The van der Waals surface area contributed by atoms with Gasteiger partial charge in [-0.3, -0.25) is 14.2 Å². The Hall–Kier alpha value is -1.37. The lowest BCUT2D eigenvalue weighted by Crippen LogP contribution is -2.50. The molecule has 0 aromatic rings. The van der Waals surface area contributed by atoms with Gasteiger partial charge in [-0.25, -0.2) is 0 Å². The SMILES string of the molecule is CC(C)=C(N)C(=O)N[C@@H](CC(C)C)C(=O)NC[C@@H](O)CP(=O)(O)CC1CCCCC1. The number of carbonyl (C=O) groups is 2. The lowest BCUT2D eigenvalue weighted by Gasteiger charge is -2.25. The van der Waals surface area contributed by atoms with E-state index in [0.717, 1.165) is 25.7 Å². The molecule has 6 N–H and O–H groups in total. The molecule has 174 valence electrons. The number of rotatable bonds is 11. The summed E-state index contributed by atoms with van der Waals surface area (Å²) in [5.41, 5.74) is 6.47. The molecule has 0 saturated heterocycles. The highest BCUT2D eigenvalue weighted by molar-refractivity contribution is 7.58. The van der Waals surface area contributed by atoms with Crippen LogP contribution in [0.3, 0.4) is 0 Å². The van der Waals surface area contributed by atoms with Crippen LogP contribution in [0.5, 0.6) is 0 Å². The van der Waals surface area contributed by atoms with E-state index < -0.39 is 31.3 Å². The molecule has 1 unspecified atom stereocenters. The maximum absolute atomic E-state index is 12.6. The molecule has 1 rings (SSSR count). The molecule has 0 aromatic heterocycles. The predicted octanol–water partition coefficient (Wildman–Crippen LogP) is 2.10. The normalized spacial score (nSPS) is 18.9. The summed E-state index contributed by atoms with van der Waals surface area (Å²) in [4.78, 5) is 35.0. The van der Waals surface area contributed by atoms with Crippen LogP contribution in [-0.4, -0.2) is 52.8 Å². The highest BCUT2D eigenvalue weighted by Crippen LogP contribution is 2.45. The summed E-state index contributed by atoms with van der Waals surface area (Å²) in [5, 5.41) is 15.4. The Morgan fingerprint density at radius 1 is 1.17 bits per heavy atom. The maximum atomic E-state index is 12.6. The van der Waals surface area contributed by atoms with Gasteiger partial charge in [-0.05, 0) is 50.5 Å². The molecule has 9 heteroatoms. The summed E-state index contributed by atoms with van der Waals surface area (Å²) in [6.45, 7) is 7.14. The molecule has 8 nitrogen and oxygen atoms in total. The van der Waals surface area contributed by atoms with Crippen LogP contribution in [0, 0.1) is 11.8 Å². The number of aliphatic hydroxyl groups excluding tert-OH is 1. The zero-order valence-electron chi connectivity index (χ0n) is 18.8. The van der Waals surface area contributed by atoms with Gasteiger partial charge in [0.2, 0.25) is 13.3 Å². The zero-order chi connectivity index (χ0) is 22.9. The highest BCUT2D eigenvalue weighted by Gasteiger charge is 2.29. The van der Waals surface area contributed by atoms with Crippen molar-refractivity contribution in [1.82, 2.24) is 10.6 Å². The second kappa shape index (κ2) is 12.5. The predicted molar refractivity (Wildman–Crippen MR) is 119 cm³/mol. The van der Waals surface area contributed by atoms with Gasteiger partial charge < -0.3 is 26.4 Å². The maximum Gasteiger partial charge on any atom is 0.267 e. The van der Waals surface area contributed by atoms with E-state index in [1.54, 1.807) is 13.8 Å². The van der Waals surface area contributed by atoms with Crippen LogP contribution in [-0.2, 0) is 14.2 Å². The average molecular weight is 446 g/mol. The molecule has 0 radical (unpaired) electrons. The molecule has 1 aliphatic carbocycles. The minimum atomic E-state index is -3.46. The molecule has 0 bridgehead atoms. The first kappa shape index (κ1) is 26.7. The van der Waals surface area contributed by atoms with Crippen molar-refractivity contribution in [3.05, 3.63) is 11.3 Å². The van der Waals surface area contributed by atoms with Gasteiger partial charge in [-0.2, -0.15) is 0 Å². The summed E-state index contributed by atoms with van der Waals surface area (Å²) in [5.74, 6) is -0.573. The number of hydrogen-bond acceptors (Lipinski definition) is 5. The van der Waals surface area contributed by atoms with Crippen LogP contribution in [0.1, 0.15) is 66.2 Å². The molecule has 0 heterocycles. The smallest absolute Gasteiger partial charge is 0.267 e. The largest absolute Gasteiger partial charge is 0.394 e. The molecule has 0 aliphatic heterocycles. The molecule has 0 aromatic carbocycles. The first-order valence-corrected chi connectivity index (χ1v) is 12.9. The molecule has 1 saturated carbocycles. The minimum absolute atomic E-state index is 0.0699. The van der Waals surface area contributed by atoms with Crippen molar-refractivity contribution in [2.24, 2.45) is 17.6 Å². The molecule has 1 fully saturated rings. The fourth-order valence-corrected chi connectivity index (χ4v) is 5.86. The standard InChI is InChI=1S/C21H40N3O5P/c1-14(2)10-18(24-21(27)19(22)15(3)4)20(26)23-11-17(25)13-30(28,29)12-16-8-6-5-7-9-16/h14,16-18,25H,5-13,22H2,1-4H3,(H,23,26)(H,24,27)(H,28,29)/t17-,18+/m1/s1. The van der Waals surface area contributed by atoms with Gasteiger partial charge >= 0.3 is 0 Å². The monoisotopic (exact) mass is 445 g/mol. The Balaban J connectivity index is 2.58. The van der Waals surface area contributed by atoms with Gasteiger partial charge in [0.25, 0.3) is 5.91 Å². The fourth-order valence-electron chi connectivity index (χ4n) is 3.75. The van der Waals surface area contributed by atoms with Crippen LogP contribution in [0.2, 0.25) is 0 Å². The minimum Gasteiger partial charge on any atom is -0.394 e. The van der Waals surface area contributed by atoms with Gasteiger partial charge in [0.15, 0.2) is 0 Å². The van der Waals surface area contributed by atoms with Crippen LogP contribution in [0.4, 0.5) is 0 Å². The topological polar surface area (TPSA) is 142 Å². The van der Waals surface area contributed by atoms with E-state index in [9.17, 15) is 24.2 Å². The van der Waals surface area contributed by atoms with Gasteiger partial charge in [0.05, 0.1) is 18.0 Å². The summed E-state index contributed by atoms with van der Waals surface area (Å²) in [7, 11) is -3.46. The Morgan fingerprint density at radius 3 is 2.30 bits per heavy atom. The van der Waals surface area contributed by atoms with E-state index >= 15 is 0 Å². The lowest BCUT2D eigenvalue weighted by molar-refractivity contribution is -0.128. The molecular formula is C21H40N3O5P. The summed E-state index contributed by atoms with van der Waals surface area (Å²) in [6.07, 6.45) is 4.55. The number of nitrogens with one attached hydrogen (secondary N) is 2. The van der Waals surface area contributed by atoms with E-state index in [2.05, 4.69) is 10.6 Å². The van der Waals surface area contributed by atoms with Crippen molar-refractivity contribution in [3.63, 3.8) is 0 Å². The average Bonchev–Trinajstić information content (AvgIpc) is 2.64. The number of hydrogen-bond donors (Lipinski definition) is 5. The second-order valence-electron chi connectivity index (χ2n) is 9.18. The van der Waals surface area contributed by atoms with Crippen molar-refractivity contribution in [2.75, 3.05) is 18.9 Å². The van der Waals surface area contributed by atoms with Crippen molar-refractivity contribution in [3.8, 4) is 0 Å². The second-order valence-corrected chi connectivity index (χ2v) is 11.6. The van der Waals surface area contributed by atoms with Crippen LogP contribution in [0.25, 0.3) is 0 Å². The lowest BCUT2D eigenvalue weighted by atomic mass is 9.91. The van der Waals surface area contributed by atoms with Crippen molar-refractivity contribution in [2.45, 2.75) is 78.4 Å². The fraction of sp³-hybridized carbons (Fsp3) is 0.810. The quantitative estimate of drug-likeness (QED) is 0.244. The van der Waals surface area contributed by atoms with Crippen LogP contribution < -0.4 is 16.4 Å². The van der Waals surface area contributed by atoms with E-state index in [4.69, 9.17) is 5.73 Å². The molecule has 30 heavy (non-hydrogen) atoms. The summed E-state index contributed by atoms with van der Waals surface area (Å²) >= 11 is 0. The number of aliphatic hydroxyl groups is 1. The molecule has 3 atom stereocenters. The van der Waals surface area contributed by atoms with Gasteiger partial charge in [0, 0.05) is 12.7 Å². The van der Waals surface area contributed by atoms with Crippen molar-refractivity contribution in [1.29, 1.82) is 0 Å². The third kappa shape index (κ3) is 10.1. The van der Waals surface area contributed by atoms with Crippen LogP contribution in [0.15, 0.2) is 11.3 Å². The molecule has 0 spiro atoms. The third-order valence-electron chi connectivity index (χ3n) is 5.39. The highest BCUT2D eigenvalue weighted by atomic mass is 31.2. The summed E-state index contributed by atoms with van der Waals surface area (Å²) < 4.78 is 12.5. The zero-order valence-corrected chi connectivity index (χ0v) is 19.7. The number of carbonyl (C=O) groups excluding carboxylic acids is 2. The van der Waals surface area contributed by atoms with Crippen molar-refractivity contribution < 1.29 is 24.2 Å². The molecular weight excluding hydrogens is 405 g/mol. The van der Waals surface area contributed by atoms with E-state index in [1.165, 1.54) is 6.42 Å². The van der Waals surface area contributed by atoms with Crippen LogP contribution >= 0.6 is 7.37 Å². The number of amides is 2. The Morgan fingerprint density at radius 2 is 1.77 bits per heavy atom. The van der Waals surface area contributed by atoms with Gasteiger partial charge in [-0.15, -0.1) is 0 Å². The summed E-state index contributed by atoms with van der Waals surface area (Å²) in [6, 6.07) is -0.800. The number of nitrogens with two attached hydrogens (primary N) is 1. The first-order valence-electron chi connectivity index (χ1n) is 10.9. The van der Waals surface area contributed by atoms with Gasteiger partial charge in [0.1, 0.15) is 6.04 Å². The Bertz CT molecular complexity index is 655. The first-order chi connectivity index (χ1) is 13.9.